The number of hydrogen-bond acceptors (Lipinski definition) is 7. The van der Waals surface area contributed by atoms with Crippen molar-refractivity contribution in [3.8, 4) is 17.1 Å². The highest BCUT2D eigenvalue weighted by molar-refractivity contribution is 5.97. The summed E-state index contributed by atoms with van der Waals surface area (Å²) in [5.41, 5.74) is 3.52. The number of halogens is 4. The van der Waals surface area contributed by atoms with Crippen LogP contribution < -0.4 is 15.8 Å². The van der Waals surface area contributed by atoms with E-state index in [0.29, 0.717) is 5.56 Å². The highest BCUT2D eigenvalue weighted by Crippen LogP contribution is 2.39. The predicted molar refractivity (Wildman–Crippen MR) is 125 cm³/mol. The average molecular weight is 518 g/mol. The van der Waals surface area contributed by atoms with Gasteiger partial charge in [-0.15, -0.1) is 0 Å². The van der Waals surface area contributed by atoms with Gasteiger partial charge in [-0.2, -0.15) is 18.3 Å². The van der Waals surface area contributed by atoms with Crippen LogP contribution >= 0.6 is 0 Å². The molecule has 37 heavy (non-hydrogen) atoms. The molecule has 3 aromatic heterocycles. The van der Waals surface area contributed by atoms with Gasteiger partial charge in [0.05, 0.1) is 24.0 Å². The highest BCUT2D eigenvalue weighted by Gasteiger charge is 2.36. The number of pyridine rings is 1. The van der Waals surface area contributed by atoms with Crippen molar-refractivity contribution >= 4 is 17.2 Å². The lowest BCUT2D eigenvalue weighted by atomic mass is 9.96. The van der Waals surface area contributed by atoms with Gasteiger partial charge in [0, 0.05) is 24.7 Å². The largest absolute Gasteiger partial charge is 0.480 e. The molecule has 0 fully saturated rings. The smallest absolute Gasteiger partial charge is 0.418 e. The number of alkyl halides is 3. The lowest BCUT2D eigenvalue weighted by Crippen LogP contribution is -2.42. The van der Waals surface area contributed by atoms with Crippen LogP contribution in [0, 0.1) is 5.82 Å². The van der Waals surface area contributed by atoms with Crippen LogP contribution in [-0.4, -0.2) is 49.9 Å². The van der Waals surface area contributed by atoms with Crippen molar-refractivity contribution in [1.82, 2.24) is 24.9 Å². The summed E-state index contributed by atoms with van der Waals surface area (Å²) in [5.74, 6) is -1.54. The van der Waals surface area contributed by atoms with E-state index in [1.807, 2.05) is 0 Å². The molecule has 13 heteroatoms. The first-order valence-electron chi connectivity index (χ1n) is 10.9. The van der Waals surface area contributed by atoms with E-state index in [1.54, 1.807) is 0 Å². The number of amides is 1. The number of nitrogens with zero attached hydrogens (tertiary/aromatic N) is 4. The van der Waals surface area contributed by atoms with Gasteiger partial charge in [0.15, 0.2) is 5.82 Å². The Bertz CT molecular complexity index is 1450. The molecule has 1 atom stereocenters. The number of aliphatic hydroxyl groups is 1. The van der Waals surface area contributed by atoms with Crippen LogP contribution in [0.15, 0.2) is 48.9 Å². The molecule has 4 rings (SSSR count). The van der Waals surface area contributed by atoms with E-state index in [2.05, 4.69) is 20.4 Å². The Morgan fingerprint density at radius 2 is 1.89 bits per heavy atom. The summed E-state index contributed by atoms with van der Waals surface area (Å²) in [5, 5.41) is 17.2. The molecular weight excluding hydrogens is 496 g/mol. The molecule has 0 aliphatic carbocycles. The Balaban J connectivity index is 1.64. The molecule has 0 saturated heterocycles. The van der Waals surface area contributed by atoms with Crippen LogP contribution in [0.3, 0.4) is 0 Å². The van der Waals surface area contributed by atoms with Gasteiger partial charge in [-0.3, -0.25) is 4.79 Å². The normalized spacial score (nSPS) is 13.4. The second-order valence-corrected chi connectivity index (χ2v) is 8.61. The number of rotatable bonds is 7. The van der Waals surface area contributed by atoms with E-state index < -0.39 is 34.6 Å². The van der Waals surface area contributed by atoms with Crippen molar-refractivity contribution in [2.45, 2.75) is 25.1 Å². The molecule has 3 heterocycles. The van der Waals surface area contributed by atoms with E-state index in [-0.39, 0.29) is 41.5 Å². The van der Waals surface area contributed by atoms with Crippen LogP contribution in [0.25, 0.3) is 16.8 Å². The molecule has 0 aliphatic heterocycles. The molecule has 0 bridgehead atoms. The van der Waals surface area contributed by atoms with Crippen molar-refractivity contribution in [2.24, 2.45) is 0 Å². The molecule has 9 nitrogen and oxygen atoms in total. The third kappa shape index (κ3) is 5.45. The van der Waals surface area contributed by atoms with E-state index in [4.69, 9.17) is 10.5 Å². The Morgan fingerprint density at radius 3 is 2.54 bits per heavy atom. The number of nitrogen functional groups attached to an aromatic ring is 1. The van der Waals surface area contributed by atoms with E-state index in [1.165, 1.54) is 50.6 Å². The summed E-state index contributed by atoms with van der Waals surface area (Å²) >= 11 is 0. The summed E-state index contributed by atoms with van der Waals surface area (Å²) in [7, 11) is 1.28. The number of hydrogen-bond donors (Lipinski definition) is 3. The summed E-state index contributed by atoms with van der Waals surface area (Å²) in [6.07, 6.45) is -2.36. The van der Waals surface area contributed by atoms with Gasteiger partial charge in [-0.25, -0.2) is 18.9 Å². The van der Waals surface area contributed by atoms with Crippen LogP contribution in [0.2, 0.25) is 0 Å². The minimum Gasteiger partial charge on any atom is -0.480 e. The van der Waals surface area contributed by atoms with Crippen LogP contribution in [0.5, 0.6) is 5.88 Å². The van der Waals surface area contributed by atoms with Crippen molar-refractivity contribution in [1.29, 1.82) is 0 Å². The first-order valence-corrected chi connectivity index (χ1v) is 10.9. The molecule has 0 radical (unpaired) electrons. The monoisotopic (exact) mass is 518 g/mol. The lowest BCUT2D eigenvalue weighted by Gasteiger charge is -2.24. The fourth-order valence-electron chi connectivity index (χ4n) is 3.88. The minimum atomic E-state index is -4.74. The number of nitrogens with one attached hydrogen (secondary N) is 1. The molecule has 4 N–H and O–H groups in total. The standard InChI is InChI=1S/C24H22F4N6O3/c1-23(36,9-13-3-5-15(25)6-4-13)11-31-21(35)16-7-14(10-30-22(16)37-2)18-8-17(24(26,27)28)19-20(29)32-12-33-34(18)19/h3-8,10,12,36H,9,11H2,1-2H3,(H,31,35)(H2,29,32,33). The Hall–Kier alpha value is -4.26. The van der Waals surface area contributed by atoms with Crippen molar-refractivity contribution in [2.75, 3.05) is 19.4 Å². The maximum atomic E-state index is 13.7. The number of methoxy groups -OCH3 is 1. The van der Waals surface area contributed by atoms with Gasteiger partial charge in [-0.05, 0) is 36.8 Å². The average Bonchev–Trinajstić information content (AvgIpc) is 3.25. The number of carbonyl (C=O) groups excluding carboxylic acids is 1. The molecule has 1 amide bonds. The summed E-state index contributed by atoms with van der Waals surface area (Å²) in [6.45, 7) is 1.31. The fraction of sp³-hybridized carbons (Fsp3) is 0.250. The van der Waals surface area contributed by atoms with Crippen molar-refractivity contribution in [3.05, 3.63) is 71.4 Å². The maximum Gasteiger partial charge on any atom is 0.418 e. The molecule has 0 spiro atoms. The Morgan fingerprint density at radius 1 is 1.19 bits per heavy atom. The quantitative estimate of drug-likeness (QED) is 0.321. The van der Waals surface area contributed by atoms with Crippen LogP contribution in [0.1, 0.15) is 28.4 Å². The van der Waals surface area contributed by atoms with Gasteiger partial charge < -0.3 is 20.9 Å². The maximum absolute atomic E-state index is 13.7. The molecule has 1 unspecified atom stereocenters. The summed E-state index contributed by atoms with van der Waals surface area (Å²) in [4.78, 5) is 20.7. The molecule has 4 aromatic rings. The Kier molecular flexibility index (Phi) is 6.74. The first-order chi connectivity index (χ1) is 17.4. The molecule has 194 valence electrons. The van der Waals surface area contributed by atoms with E-state index >= 15 is 0 Å². The fourth-order valence-corrected chi connectivity index (χ4v) is 3.88. The SMILES string of the molecule is COc1ncc(-c2cc(C(F)(F)F)c3c(N)ncnn23)cc1C(=O)NCC(C)(O)Cc1ccc(F)cc1. The Labute approximate surface area is 207 Å². The van der Waals surface area contributed by atoms with Gasteiger partial charge in [-0.1, -0.05) is 12.1 Å². The topological polar surface area (TPSA) is 128 Å². The van der Waals surface area contributed by atoms with Gasteiger partial charge in [0.25, 0.3) is 5.91 Å². The zero-order valence-electron chi connectivity index (χ0n) is 19.7. The predicted octanol–water partition coefficient (Wildman–Crippen LogP) is 3.26. The zero-order valence-corrected chi connectivity index (χ0v) is 19.7. The summed E-state index contributed by atoms with van der Waals surface area (Å²) in [6, 6.07) is 7.72. The van der Waals surface area contributed by atoms with Gasteiger partial charge in [0.2, 0.25) is 5.88 Å². The highest BCUT2D eigenvalue weighted by atomic mass is 19.4. The number of fused-ring (bicyclic) bond motifs is 1. The van der Waals surface area contributed by atoms with Gasteiger partial charge >= 0.3 is 6.18 Å². The molecule has 0 saturated carbocycles. The van der Waals surface area contributed by atoms with Crippen molar-refractivity contribution < 1.29 is 32.2 Å². The third-order valence-corrected chi connectivity index (χ3v) is 5.60. The van der Waals surface area contributed by atoms with E-state index in [9.17, 15) is 27.5 Å². The van der Waals surface area contributed by atoms with Crippen LogP contribution in [0.4, 0.5) is 23.4 Å². The lowest BCUT2D eigenvalue weighted by molar-refractivity contribution is -0.136. The number of ether oxygens (including phenoxy) is 1. The van der Waals surface area contributed by atoms with E-state index in [0.717, 1.165) is 16.9 Å². The van der Waals surface area contributed by atoms with Crippen LogP contribution in [-0.2, 0) is 12.6 Å². The number of anilines is 1. The zero-order chi connectivity index (χ0) is 27.0. The molecule has 0 aliphatic rings. The third-order valence-electron chi connectivity index (χ3n) is 5.60. The molecule has 1 aromatic carbocycles. The second-order valence-electron chi connectivity index (χ2n) is 8.61. The summed E-state index contributed by atoms with van der Waals surface area (Å²) < 4.78 is 60.3. The second kappa shape index (κ2) is 9.65. The van der Waals surface area contributed by atoms with Gasteiger partial charge in [0.1, 0.15) is 23.2 Å². The number of aromatic nitrogens is 4. The number of nitrogens with two attached hydrogens (primary N) is 1. The number of carbonyl (C=O) groups is 1. The first kappa shape index (κ1) is 25.8. The minimum absolute atomic E-state index is 0.0241. The molecular formula is C24H22F4N6O3. The number of benzene rings is 1. The van der Waals surface area contributed by atoms with Crippen molar-refractivity contribution in [3.63, 3.8) is 0 Å².